The van der Waals surface area contributed by atoms with Gasteiger partial charge < -0.3 is 19.1 Å². The van der Waals surface area contributed by atoms with E-state index in [1.807, 2.05) is 86.6 Å². The number of hydrogen-bond donors (Lipinski definition) is 0. The van der Waals surface area contributed by atoms with E-state index in [0.29, 0.717) is 37.1 Å². The van der Waals surface area contributed by atoms with Crippen molar-refractivity contribution in [1.29, 1.82) is 0 Å². The summed E-state index contributed by atoms with van der Waals surface area (Å²) < 4.78 is 18.2. The van der Waals surface area contributed by atoms with Gasteiger partial charge in [0.1, 0.15) is 16.8 Å². The molecule has 0 saturated carbocycles. The number of hydrogen-bond acceptors (Lipinski definition) is 6. The second kappa shape index (κ2) is 10.3. The maximum Gasteiger partial charge on any atom is 0.418 e. The fourth-order valence-electron chi connectivity index (χ4n) is 4.16. The van der Waals surface area contributed by atoms with Gasteiger partial charge in [0.15, 0.2) is 0 Å². The van der Waals surface area contributed by atoms with Gasteiger partial charge in [-0.1, -0.05) is 0 Å². The lowest BCUT2D eigenvalue weighted by molar-refractivity contribution is 0.0200. The van der Waals surface area contributed by atoms with Crippen LogP contribution in [0.3, 0.4) is 0 Å². The van der Waals surface area contributed by atoms with E-state index < -0.39 is 29.0 Å². The Hall–Kier alpha value is -3.23. The number of fused-ring (bicyclic) bond motifs is 1. The molecule has 9 heteroatoms. The number of aromatic nitrogens is 1. The van der Waals surface area contributed by atoms with E-state index in [2.05, 4.69) is 0 Å². The molecule has 1 fully saturated rings. The lowest BCUT2D eigenvalue weighted by Gasteiger charge is -2.39. The van der Waals surface area contributed by atoms with E-state index in [4.69, 9.17) is 14.2 Å². The van der Waals surface area contributed by atoms with E-state index in [-0.39, 0.29) is 12.1 Å². The van der Waals surface area contributed by atoms with Crippen molar-refractivity contribution in [3.05, 3.63) is 30.5 Å². The quantitative estimate of drug-likeness (QED) is 0.421. The second-order valence-electron chi connectivity index (χ2n) is 12.5. The van der Waals surface area contributed by atoms with Gasteiger partial charge in [0.2, 0.25) is 0 Å². The van der Waals surface area contributed by atoms with Crippen molar-refractivity contribution in [1.82, 2.24) is 9.47 Å². The molecular weight excluding hydrogens is 474 g/mol. The first-order valence-corrected chi connectivity index (χ1v) is 12.8. The maximum absolute atomic E-state index is 13.4. The molecule has 3 rings (SSSR count). The highest BCUT2D eigenvalue weighted by Crippen LogP contribution is 2.30. The number of nitrogens with zero attached hydrogens (tertiary/aromatic N) is 3. The Morgan fingerprint density at radius 3 is 1.86 bits per heavy atom. The highest BCUT2D eigenvalue weighted by Gasteiger charge is 2.35. The molecule has 1 aliphatic rings. The molecule has 0 bridgehead atoms. The number of amides is 2. The Bertz CT molecular complexity index is 1140. The maximum atomic E-state index is 13.4. The smallest absolute Gasteiger partial charge is 0.418 e. The molecule has 0 atom stereocenters. The highest BCUT2D eigenvalue weighted by atomic mass is 16.6. The van der Waals surface area contributed by atoms with E-state index >= 15 is 0 Å². The van der Waals surface area contributed by atoms with Crippen molar-refractivity contribution in [3.8, 4) is 0 Å². The number of benzene rings is 1. The monoisotopic (exact) mass is 515 g/mol. The lowest BCUT2D eigenvalue weighted by atomic mass is 10.0. The van der Waals surface area contributed by atoms with Crippen molar-refractivity contribution >= 4 is 34.9 Å². The molecular formula is C28H41N3O6. The van der Waals surface area contributed by atoms with Gasteiger partial charge in [-0.25, -0.2) is 14.4 Å². The van der Waals surface area contributed by atoms with Crippen LogP contribution in [0, 0.1) is 0 Å². The average molecular weight is 516 g/mol. The zero-order valence-corrected chi connectivity index (χ0v) is 23.6. The van der Waals surface area contributed by atoms with Crippen molar-refractivity contribution < 1.29 is 28.6 Å². The summed E-state index contributed by atoms with van der Waals surface area (Å²) in [4.78, 5) is 41.9. The third-order valence-corrected chi connectivity index (χ3v) is 5.61. The average Bonchev–Trinajstić information content (AvgIpc) is 3.14. The topological polar surface area (TPSA) is 90.3 Å². The number of carbonyl (C=O) groups is 3. The Morgan fingerprint density at radius 1 is 0.784 bits per heavy atom. The van der Waals surface area contributed by atoms with Crippen LogP contribution in [0.25, 0.3) is 10.9 Å². The summed E-state index contributed by atoms with van der Waals surface area (Å²) in [5.74, 6) is 0. The Morgan fingerprint density at radius 2 is 1.32 bits per heavy atom. The first-order valence-electron chi connectivity index (χ1n) is 12.8. The number of anilines is 1. The summed E-state index contributed by atoms with van der Waals surface area (Å²) in [5, 5.41) is 0.795. The van der Waals surface area contributed by atoms with Gasteiger partial charge >= 0.3 is 18.3 Å². The van der Waals surface area contributed by atoms with Gasteiger partial charge in [-0.15, -0.1) is 0 Å². The van der Waals surface area contributed by atoms with Gasteiger partial charge in [0.05, 0.1) is 5.52 Å². The summed E-state index contributed by atoms with van der Waals surface area (Å²) in [5.41, 5.74) is -0.505. The number of rotatable bonds is 2. The van der Waals surface area contributed by atoms with Crippen LogP contribution in [-0.2, 0) is 14.2 Å². The standard InChI is InChI=1S/C28H41N3O6/c1-26(2,3)35-23(32)29-15-13-20(14-16-29)31(25(34)37-28(7,8)9)21-10-11-22-19(18-21)12-17-30(22)24(33)36-27(4,5)6/h10-12,17-18,20H,13-16H2,1-9H3. The Balaban J connectivity index is 1.87. The van der Waals surface area contributed by atoms with Crippen LogP contribution in [0.1, 0.15) is 75.2 Å². The zero-order valence-electron chi connectivity index (χ0n) is 23.6. The van der Waals surface area contributed by atoms with Crippen LogP contribution in [0.15, 0.2) is 30.5 Å². The molecule has 0 N–H and O–H groups in total. The van der Waals surface area contributed by atoms with E-state index in [1.54, 1.807) is 16.0 Å². The van der Waals surface area contributed by atoms with Crippen molar-refractivity contribution in [2.75, 3.05) is 18.0 Å². The third kappa shape index (κ3) is 7.63. The molecule has 37 heavy (non-hydrogen) atoms. The van der Waals surface area contributed by atoms with Crippen molar-refractivity contribution in [2.24, 2.45) is 0 Å². The van der Waals surface area contributed by atoms with Crippen LogP contribution in [-0.4, -0.2) is 63.7 Å². The predicted molar refractivity (Wildman–Crippen MR) is 143 cm³/mol. The summed E-state index contributed by atoms with van der Waals surface area (Å²) in [6, 6.07) is 7.15. The van der Waals surface area contributed by atoms with Crippen molar-refractivity contribution in [2.45, 2.75) is 98.0 Å². The zero-order chi connectivity index (χ0) is 27.8. The molecule has 2 aromatic rings. The molecule has 0 radical (unpaired) electrons. The molecule has 0 spiro atoms. The van der Waals surface area contributed by atoms with Gasteiger partial charge in [-0.2, -0.15) is 0 Å². The molecule has 1 saturated heterocycles. The van der Waals surface area contributed by atoms with Gasteiger partial charge in [0.25, 0.3) is 0 Å². The molecule has 2 amide bonds. The molecule has 204 valence electrons. The Kier molecular flexibility index (Phi) is 7.86. The van der Waals surface area contributed by atoms with Crippen LogP contribution in [0.5, 0.6) is 0 Å². The largest absolute Gasteiger partial charge is 0.444 e. The Labute approximate surface area is 219 Å². The van der Waals surface area contributed by atoms with Gasteiger partial charge in [-0.05, 0) is 99.4 Å². The van der Waals surface area contributed by atoms with Crippen molar-refractivity contribution in [3.63, 3.8) is 0 Å². The second-order valence-corrected chi connectivity index (χ2v) is 12.5. The van der Waals surface area contributed by atoms with E-state index in [0.717, 1.165) is 5.39 Å². The van der Waals surface area contributed by atoms with Gasteiger partial charge in [-0.3, -0.25) is 9.47 Å². The summed E-state index contributed by atoms with van der Waals surface area (Å²) in [6.07, 6.45) is 1.56. The third-order valence-electron chi connectivity index (χ3n) is 5.61. The minimum Gasteiger partial charge on any atom is -0.444 e. The molecule has 9 nitrogen and oxygen atoms in total. The molecule has 1 aromatic carbocycles. The lowest BCUT2D eigenvalue weighted by Crippen LogP contribution is -2.51. The number of ether oxygens (including phenoxy) is 3. The van der Waals surface area contributed by atoms with E-state index in [1.165, 1.54) is 4.57 Å². The molecule has 1 aliphatic heterocycles. The summed E-state index contributed by atoms with van der Waals surface area (Å²) in [6.45, 7) is 17.4. The molecule has 0 aliphatic carbocycles. The molecule has 2 heterocycles. The summed E-state index contributed by atoms with van der Waals surface area (Å²) in [7, 11) is 0. The van der Waals surface area contributed by atoms with Crippen LogP contribution in [0.2, 0.25) is 0 Å². The number of piperidine rings is 1. The summed E-state index contributed by atoms with van der Waals surface area (Å²) >= 11 is 0. The van der Waals surface area contributed by atoms with Crippen LogP contribution in [0.4, 0.5) is 20.1 Å². The normalized spacial score (nSPS) is 15.4. The van der Waals surface area contributed by atoms with Crippen LogP contribution >= 0.6 is 0 Å². The fourth-order valence-corrected chi connectivity index (χ4v) is 4.16. The minimum absolute atomic E-state index is 0.168. The molecule has 1 aromatic heterocycles. The number of carbonyl (C=O) groups excluding carboxylic acids is 3. The first-order chi connectivity index (χ1) is 16.9. The predicted octanol–water partition coefficient (Wildman–Crippen LogP) is 6.57. The first kappa shape index (κ1) is 28.3. The SMILES string of the molecule is CC(C)(C)OC(=O)N1CCC(N(C(=O)OC(C)(C)C)c2ccc3c(ccn3C(=O)OC(C)(C)C)c2)CC1. The highest BCUT2D eigenvalue weighted by molar-refractivity contribution is 5.95. The molecule has 0 unspecified atom stereocenters. The van der Waals surface area contributed by atoms with Crippen LogP contribution < -0.4 is 4.90 Å². The van der Waals surface area contributed by atoms with Gasteiger partial charge in [0, 0.05) is 36.4 Å². The van der Waals surface area contributed by atoms with E-state index in [9.17, 15) is 14.4 Å². The fraction of sp³-hybridized carbons (Fsp3) is 0.607. The minimum atomic E-state index is -0.670. The number of likely N-dealkylation sites (tertiary alicyclic amines) is 1.